The minimum absolute atomic E-state index is 0.226. The first-order chi connectivity index (χ1) is 11.4. The SMILES string of the molecule is Cc1cc(C(=O)N(CCN(C)C)c2nc3ccc(Br)cc3s2)on1. The van der Waals surface area contributed by atoms with Gasteiger partial charge in [-0.1, -0.05) is 32.4 Å². The smallest absolute Gasteiger partial charge is 0.298 e. The molecule has 0 saturated heterocycles. The molecule has 0 atom stereocenters. The van der Waals surface area contributed by atoms with E-state index in [1.165, 1.54) is 11.3 Å². The van der Waals surface area contributed by atoms with Crippen molar-refractivity contribution >= 4 is 48.5 Å². The third kappa shape index (κ3) is 3.66. The summed E-state index contributed by atoms with van der Waals surface area (Å²) in [6.45, 7) is 3.03. The number of thiazole rings is 1. The Morgan fingerprint density at radius 1 is 1.29 bits per heavy atom. The highest BCUT2D eigenvalue weighted by Crippen LogP contribution is 2.31. The molecule has 0 bridgehead atoms. The van der Waals surface area contributed by atoms with E-state index in [0.29, 0.717) is 17.4 Å². The van der Waals surface area contributed by atoms with Crippen LogP contribution >= 0.6 is 27.3 Å². The topological polar surface area (TPSA) is 62.5 Å². The monoisotopic (exact) mass is 408 g/mol. The summed E-state index contributed by atoms with van der Waals surface area (Å²) in [6, 6.07) is 7.53. The number of benzene rings is 1. The molecule has 0 fully saturated rings. The Bertz CT molecular complexity index is 874. The van der Waals surface area contributed by atoms with Crippen LogP contribution in [0, 0.1) is 6.92 Å². The van der Waals surface area contributed by atoms with Gasteiger partial charge in [-0.05, 0) is 39.2 Å². The maximum atomic E-state index is 12.8. The number of nitrogens with zero attached hydrogens (tertiary/aromatic N) is 4. The van der Waals surface area contributed by atoms with Gasteiger partial charge < -0.3 is 9.42 Å². The van der Waals surface area contributed by atoms with Crippen LogP contribution in [0.5, 0.6) is 0 Å². The van der Waals surface area contributed by atoms with Gasteiger partial charge in [0.15, 0.2) is 5.13 Å². The van der Waals surface area contributed by atoms with E-state index in [1.54, 1.807) is 17.9 Å². The van der Waals surface area contributed by atoms with E-state index in [4.69, 9.17) is 4.52 Å². The average molecular weight is 409 g/mol. The molecule has 3 rings (SSSR count). The third-order valence-electron chi connectivity index (χ3n) is 3.42. The quantitative estimate of drug-likeness (QED) is 0.645. The van der Waals surface area contributed by atoms with Gasteiger partial charge in [0.2, 0.25) is 5.76 Å². The number of halogens is 1. The summed E-state index contributed by atoms with van der Waals surface area (Å²) in [5.41, 5.74) is 1.55. The van der Waals surface area contributed by atoms with Crippen molar-refractivity contribution in [3.05, 3.63) is 40.2 Å². The second-order valence-corrected chi connectivity index (χ2v) is 7.63. The standard InChI is InChI=1S/C16H17BrN4O2S/c1-10-8-13(23-19-10)15(22)21(7-6-20(2)3)16-18-12-5-4-11(17)9-14(12)24-16/h4-5,8-9H,6-7H2,1-3H3. The zero-order chi connectivity index (χ0) is 17.3. The summed E-state index contributed by atoms with van der Waals surface area (Å²) in [4.78, 5) is 21.1. The lowest BCUT2D eigenvalue weighted by Crippen LogP contribution is -2.36. The molecular weight excluding hydrogens is 392 g/mol. The third-order valence-corrected chi connectivity index (χ3v) is 4.96. The van der Waals surface area contributed by atoms with Crippen molar-refractivity contribution in [1.29, 1.82) is 0 Å². The van der Waals surface area contributed by atoms with Crippen LogP contribution < -0.4 is 4.90 Å². The maximum absolute atomic E-state index is 12.8. The lowest BCUT2D eigenvalue weighted by atomic mass is 10.3. The summed E-state index contributed by atoms with van der Waals surface area (Å²) < 4.78 is 7.16. The zero-order valence-electron chi connectivity index (χ0n) is 13.6. The highest BCUT2D eigenvalue weighted by atomic mass is 79.9. The number of hydrogen-bond acceptors (Lipinski definition) is 6. The molecule has 0 spiro atoms. The molecule has 0 aliphatic heterocycles. The Balaban J connectivity index is 1.97. The molecule has 1 amide bonds. The number of aryl methyl sites for hydroxylation is 1. The molecule has 0 aliphatic carbocycles. The van der Waals surface area contributed by atoms with E-state index in [0.717, 1.165) is 21.2 Å². The van der Waals surface area contributed by atoms with Crippen LogP contribution in [-0.2, 0) is 0 Å². The van der Waals surface area contributed by atoms with Crippen LogP contribution in [0.25, 0.3) is 10.2 Å². The number of carbonyl (C=O) groups excluding carboxylic acids is 1. The van der Waals surface area contributed by atoms with Crippen LogP contribution in [0.15, 0.2) is 33.3 Å². The lowest BCUT2D eigenvalue weighted by Gasteiger charge is -2.20. The van der Waals surface area contributed by atoms with Crippen LogP contribution in [0.1, 0.15) is 16.2 Å². The fraction of sp³-hybridized carbons (Fsp3) is 0.312. The predicted molar refractivity (Wildman–Crippen MR) is 98.8 cm³/mol. The van der Waals surface area contributed by atoms with Crippen molar-refractivity contribution < 1.29 is 9.32 Å². The fourth-order valence-electron chi connectivity index (χ4n) is 2.18. The van der Waals surface area contributed by atoms with Crippen molar-refractivity contribution in [3.8, 4) is 0 Å². The second kappa shape index (κ2) is 7.00. The first kappa shape index (κ1) is 17.1. The average Bonchev–Trinajstić information content (AvgIpc) is 3.12. The van der Waals surface area contributed by atoms with Gasteiger partial charge in [0, 0.05) is 23.6 Å². The van der Waals surface area contributed by atoms with Gasteiger partial charge >= 0.3 is 0 Å². The Labute approximate surface area is 152 Å². The number of fused-ring (bicyclic) bond motifs is 1. The molecule has 0 unspecified atom stereocenters. The van der Waals surface area contributed by atoms with E-state index >= 15 is 0 Å². The van der Waals surface area contributed by atoms with E-state index in [-0.39, 0.29) is 11.7 Å². The van der Waals surface area contributed by atoms with Crippen LogP contribution in [0.2, 0.25) is 0 Å². The van der Waals surface area contributed by atoms with Crippen LogP contribution in [-0.4, -0.2) is 48.1 Å². The van der Waals surface area contributed by atoms with Gasteiger partial charge in [0.25, 0.3) is 5.91 Å². The number of hydrogen-bond donors (Lipinski definition) is 0. The molecule has 24 heavy (non-hydrogen) atoms. The largest absolute Gasteiger partial charge is 0.351 e. The van der Waals surface area contributed by atoms with Gasteiger partial charge in [-0.2, -0.15) is 0 Å². The van der Waals surface area contributed by atoms with Crippen molar-refractivity contribution in [2.45, 2.75) is 6.92 Å². The summed E-state index contributed by atoms with van der Waals surface area (Å²) >= 11 is 4.95. The highest BCUT2D eigenvalue weighted by molar-refractivity contribution is 9.10. The Kier molecular flexibility index (Phi) is 4.98. The van der Waals surface area contributed by atoms with Crippen LogP contribution in [0.3, 0.4) is 0 Å². The van der Waals surface area contributed by atoms with Gasteiger partial charge in [-0.3, -0.25) is 9.69 Å². The van der Waals surface area contributed by atoms with Crippen molar-refractivity contribution in [2.24, 2.45) is 0 Å². The van der Waals surface area contributed by atoms with Crippen LogP contribution in [0.4, 0.5) is 5.13 Å². The molecule has 0 radical (unpaired) electrons. The first-order valence-corrected chi connectivity index (χ1v) is 9.01. The fourth-order valence-corrected chi connectivity index (χ4v) is 3.73. The van der Waals surface area contributed by atoms with Crippen molar-refractivity contribution in [1.82, 2.24) is 15.0 Å². The molecule has 8 heteroatoms. The van der Waals surface area contributed by atoms with Gasteiger partial charge in [0.1, 0.15) is 0 Å². The van der Waals surface area contributed by atoms with E-state index in [2.05, 4.69) is 26.1 Å². The highest BCUT2D eigenvalue weighted by Gasteiger charge is 2.24. The minimum Gasteiger partial charge on any atom is -0.351 e. The van der Waals surface area contributed by atoms with Gasteiger partial charge in [-0.15, -0.1) is 0 Å². The minimum atomic E-state index is -0.226. The van der Waals surface area contributed by atoms with Crippen molar-refractivity contribution in [3.63, 3.8) is 0 Å². The van der Waals surface area contributed by atoms with E-state index < -0.39 is 0 Å². The maximum Gasteiger partial charge on any atom is 0.298 e. The molecule has 0 N–H and O–H groups in total. The number of aromatic nitrogens is 2. The second-order valence-electron chi connectivity index (χ2n) is 5.70. The van der Waals surface area contributed by atoms with Gasteiger partial charge in [0.05, 0.1) is 15.9 Å². The van der Waals surface area contributed by atoms with E-state index in [9.17, 15) is 4.79 Å². The molecular formula is C16H17BrN4O2S. The lowest BCUT2D eigenvalue weighted by molar-refractivity contribution is 0.0949. The number of rotatable bonds is 5. The number of carbonyl (C=O) groups is 1. The Morgan fingerprint density at radius 2 is 2.08 bits per heavy atom. The number of amides is 1. The molecule has 6 nitrogen and oxygen atoms in total. The normalized spacial score (nSPS) is 11.4. The molecule has 2 aromatic heterocycles. The predicted octanol–water partition coefficient (Wildman–Crippen LogP) is 3.56. The van der Waals surface area contributed by atoms with Crippen molar-refractivity contribution in [2.75, 3.05) is 32.1 Å². The number of anilines is 1. The first-order valence-electron chi connectivity index (χ1n) is 7.40. The summed E-state index contributed by atoms with van der Waals surface area (Å²) in [7, 11) is 3.94. The molecule has 2 heterocycles. The van der Waals surface area contributed by atoms with Gasteiger partial charge in [-0.25, -0.2) is 4.98 Å². The Morgan fingerprint density at radius 3 is 2.75 bits per heavy atom. The molecule has 3 aromatic rings. The molecule has 0 aliphatic rings. The molecule has 126 valence electrons. The summed E-state index contributed by atoms with van der Waals surface area (Å²) in [5, 5.41) is 4.46. The number of likely N-dealkylation sites (N-methyl/N-ethyl adjacent to an activating group) is 1. The summed E-state index contributed by atoms with van der Waals surface area (Å²) in [6.07, 6.45) is 0. The molecule has 1 aromatic carbocycles. The summed E-state index contributed by atoms with van der Waals surface area (Å²) in [5.74, 6) is 0.00210. The van der Waals surface area contributed by atoms with E-state index in [1.807, 2.05) is 37.2 Å². The Hall–Kier alpha value is -1.77. The zero-order valence-corrected chi connectivity index (χ0v) is 16.0. The molecule has 0 saturated carbocycles.